The van der Waals surface area contributed by atoms with Crippen molar-refractivity contribution in [2.75, 3.05) is 25.6 Å². The van der Waals surface area contributed by atoms with Crippen molar-refractivity contribution in [2.45, 2.75) is 27.2 Å². The molecule has 0 spiro atoms. The number of carbonyl (C=O) groups excluding carboxylic acids is 2. The highest BCUT2D eigenvalue weighted by molar-refractivity contribution is 7.16. The fourth-order valence-corrected chi connectivity index (χ4v) is 3.41. The molecule has 0 unspecified atom stereocenters. The molecule has 26 heavy (non-hydrogen) atoms. The summed E-state index contributed by atoms with van der Waals surface area (Å²) in [6.07, 6.45) is 0.149. The Morgan fingerprint density at radius 3 is 2.50 bits per heavy atom. The first-order valence-electron chi connectivity index (χ1n) is 8.30. The minimum Gasteiger partial charge on any atom is -0.493 e. The molecule has 0 aliphatic rings. The van der Waals surface area contributed by atoms with Gasteiger partial charge in [-0.1, -0.05) is 12.1 Å². The molecule has 0 aliphatic carbocycles. The summed E-state index contributed by atoms with van der Waals surface area (Å²) < 4.78 is 15.9. The lowest BCUT2D eigenvalue weighted by Crippen LogP contribution is -2.17. The van der Waals surface area contributed by atoms with Gasteiger partial charge in [0.25, 0.3) is 0 Å². The van der Waals surface area contributed by atoms with E-state index in [2.05, 4.69) is 5.32 Å². The largest absolute Gasteiger partial charge is 0.493 e. The molecule has 0 bridgehead atoms. The minimum absolute atomic E-state index is 0.149. The molecular formula is C19H23NO5S. The van der Waals surface area contributed by atoms with Gasteiger partial charge in [0.05, 0.1) is 32.3 Å². The van der Waals surface area contributed by atoms with E-state index in [-0.39, 0.29) is 25.5 Å². The van der Waals surface area contributed by atoms with Crippen LogP contribution in [-0.2, 0) is 9.53 Å². The molecule has 7 heteroatoms. The van der Waals surface area contributed by atoms with Crippen molar-refractivity contribution in [3.63, 3.8) is 0 Å². The van der Waals surface area contributed by atoms with Crippen LogP contribution < -0.4 is 14.8 Å². The van der Waals surface area contributed by atoms with Crippen LogP contribution in [0.4, 0.5) is 5.00 Å². The van der Waals surface area contributed by atoms with Crippen LogP contribution in [0, 0.1) is 13.8 Å². The van der Waals surface area contributed by atoms with Gasteiger partial charge in [-0.05, 0) is 38.5 Å². The maximum Gasteiger partial charge on any atom is 0.341 e. The van der Waals surface area contributed by atoms with Crippen molar-refractivity contribution in [2.24, 2.45) is 0 Å². The van der Waals surface area contributed by atoms with Gasteiger partial charge in [-0.25, -0.2) is 4.79 Å². The second-order valence-corrected chi connectivity index (χ2v) is 6.73. The quantitative estimate of drug-likeness (QED) is 0.705. The van der Waals surface area contributed by atoms with Crippen LogP contribution in [0.25, 0.3) is 0 Å². The summed E-state index contributed by atoms with van der Waals surface area (Å²) in [7, 11) is 1.56. The molecule has 0 radical (unpaired) electrons. The zero-order valence-corrected chi connectivity index (χ0v) is 16.2. The van der Waals surface area contributed by atoms with Crippen molar-refractivity contribution >= 4 is 28.2 Å². The van der Waals surface area contributed by atoms with E-state index in [1.165, 1.54) is 11.3 Å². The Hall–Kier alpha value is -2.54. The fourth-order valence-electron chi connectivity index (χ4n) is 2.34. The number of rotatable bonds is 8. The summed E-state index contributed by atoms with van der Waals surface area (Å²) in [6.45, 7) is 5.99. The monoisotopic (exact) mass is 377 g/mol. The summed E-state index contributed by atoms with van der Waals surface area (Å²) in [5, 5.41) is 3.31. The Balaban J connectivity index is 1.98. The molecular weight excluding hydrogens is 354 g/mol. The van der Waals surface area contributed by atoms with Crippen molar-refractivity contribution < 1.29 is 23.8 Å². The molecule has 0 fully saturated rings. The summed E-state index contributed by atoms with van der Waals surface area (Å²) in [4.78, 5) is 25.4. The zero-order chi connectivity index (χ0) is 19.1. The number of hydrogen-bond acceptors (Lipinski definition) is 6. The van der Waals surface area contributed by atoms with Crippen molar-refractivity contribution in [1.29, 1.82) is 0 Å². The Morgan fingerprint density at radius 2 is 1.85 bits per heavy atom. The van der Waals surface area contributed by atoms with Gasteiger partial charge in [0.15, 0.2) is 11.5 Å². The van der Waals surface area contributed by atoms with Crippen molar-refractivity contribution in [3.05, 3.63) is 40.3 Å². The van der Waals surface area contributed by atoms with Gasteiger partial charge >= 0.3 is 5.97 Å². The molecule has 2 aromatic rings. The van der Waals surface area contributed by atoms with E-state index in [0.717, 1.165) is 10.4 Å². The van der Waals surface area contributed by atoms with Gasteiger partial charge in [0.2, 0.25) is 5.91 Å². The Bertz CT molecular complexity index is 784. The number of ether oxygens (including phenoxy) is 3. The SMILES string of the molecule is CCOC(=O)c1c(NC(=O)CCOc2ccccc2OC)sc(C)c1C. The Labute approximate surface area is 157 Å². The second-order valence-electron chi connectivity index (χ2n) is 5.51. The van der Waals surface area contributed by atoms with Crippen LogP contribution >= 0.6 is 11.3 Å². The van der Waals surface area contributed by atoms with Crippen LogP contribution in [0.15, 0.2) is 24.3 Å². The van der Waals surface area contributed by atoms with Crippen molar-refractivity contribution in [1.82, 2.24) is 0 Å². The molecule has 1 aromatic carbocycles. The van der Waals surface area contributed by atoms with Gasteiger partial charge in [0.1, 0.15) is 5.00 Å². The number of hydrogen-bond donors (Lipinski definition) is 1. The van der Waals surface area contributed by atoms with Crippen LogP contribution in [-0.4, -0.2) is 32.2 Å². The Kier molecular flexibility index (Phi) is 7.03. The molecule has 0 saturated carbocycles. The predicted molar refractivity (Wildman–Crippen MR) is 101 cm³/mol. The van der Waals surface area contributed by atoms with E-state index in [0.29, 0.717) is 22.1 Å². The molecule has 6 nitrogen and oxygen atoms in total. The number of thiophene rings is 1. The number of nitrogens with one attached hydrogen (secondary N) is 1. The third kappa shape index (κ3) is 4.76. The summed E-state index contributed by atoms with van der Waals surface area (Å²) in [5.74, 6) is 0.543. The lowest BCUT2D eigenvalue weighted by atomic mass is 10.1. The molecule has 0 saturated heterocycles. The van der Waals surface area contributed by atoms with Crippen LogP contribution in [0.3, 0.4) is 0 Å². The zero-order valence-electron chi connectivity index (χ0n) is 15.4. The topological polar surface area (TPSA) is 73.9 Å². The highest BCUT2D eigenvalue weighted by atomic mass is 32.1. The number of para-hydroxylation sites is 2. The molecule has 0 aliphatic heterocycles. The maximum absolute atomic E-state index is 12.2. The third-order valence-corrected chi connectivity index (χ3v) is 4.90. The number of methoxy groups -OCH3 is 1. The van der Waals surface area contributed by atoms with Crippen LogP contribution in [0.1, 0.15) is 34.1 Å². The highest BCUT2D eigenvalue weighted by Gasteiger charge is 2.22. The van der Waals surface area contributed by atoms with E-state index >= 15 is 0 Å². The van der Waals surface area contributed by atoms with E-state index in [9.17, 15) is 9.59 Å². The summed E-state index contributed by atoms with van der Waals surface area (Å²) in [6, 6.07) is 7.25. The average Bonchev–Trinajstić information content (AvgIpc) is 2.89. The molecule has 140 valence electrons. The predicted octanol–water partition coefficient (Wildman–Crippen LogP) is 3.96. The number of carbonyl (C=O) groups is 2. The second kappa shape index (κ2) is 9.24. The van der Waals surface area contributed by atoms with Gasteiger partial charge in [-0.2, -0.15) is 0 Å². The maximum atomic E-state index is 12.2. The van der Waals surface area contributed by atoms with Gasteiger partial charge in [-0.3, -0.25) is 4.79 Å². The first-order valence-corrected chi connectivity index (χ1v) is 9.12. The van der Waals surface area contributed by atoms with Crippen molar-refractivity contribution in [3.8, 4) is 11.5 Å². The van der Waals surface area contributed by atoms with Gasteiger partial charge < -0.3 is 19.5 Å². The molecule has 1 N–H and O–H groups in total. The lowest BCUT2D eigenvalue weighted by molar-refractivity contribution is -0.116. The van der Waals surface area contributed by atoms with E-state index in [4.69, 9.17) is 14.2 Å². The first-order chi connectivity index (χ1) is 12.5. The van der Waals surface area contributed by atoms with E-state index in [1.54, 1.807) is 26.2 Å². The van der Waals surface area contributed by atoms with E-state index in [1.807, 2.05) is 26.0 Å². The number of anilines is 1. The molecule has 1 heterocycles. The molecule has 1 amide bonds. The smallest absolute Gasteiger partial charge is 0.341 e. The number of amides is 1. The standard InChI is InChI=1S/C19H23NO5S/c1-5-24-19(22)17-12(2)13(3)26-18(17)20-16(21)10-11-25-15-9-7-6-8-14(15)23-4/h6-9H,5,10-11H2,1-4H3,(H,20,21). The normalized spacial score (nSPS) is 10.3. The number of benzene rings is 1. The number of aryl methyl sites for hydroxylation is 1. The van der Waals surface area contributed by atoms with Crippen LogP contribution in [0.2, 0.25) is 0 Å². The van der Waals surface area contributed by atoms with Gasteiger partial charge in [-0.15, -0.1) is 11.3 Å². The third-order valence-electron chi connectivity index (χ3n) is 3.77. The fraction of sp³-hybridized carbons (Fsp3) is 0.368. The van der Waals surface area contributed by atoms with Crippen LogP contribution in [0.5, 0.6) is 11.5 Å². The van der Waals surface area contributed by atoms with E-state index < -0.39 is 5.97 Å². The molecule has 1 aromatic heterocycles. The molecule has 2 rings (SSSR count). The highest BCUT2D eigenvalue weighted by Crippen LogP contribution is 2.33. The van der Waals surface area contributed by atoms with Gasteiger partial charge in [0, 0.05) is 4.88 Å². The summed E-state index contributed by atoms with van der Waals surface area (Å²) >= 11 is 1.37. The average molecular weight is 377 g/mol. The first kappa shape index (κ1) is 19.8. The number of esters is 1. The Morgan fingerprint density at radius 1 is 1.15 bits per heavy atom. The summed E-state index contributed by atoms with van der Waals surface area (Å²) in [5.41, 5.74) is 1.25. The molecule has 0 atom stereocenters. The minimum atomic E-state index is -0.421. The lowest BCUT2D eigenvalue weighted by Gasteiger charge is -2.10.